The van der Waals surface area contributed by atoms with Crippen LogP contribution >= 0.6 is 12.2 Å². The molecule has 0 fully saturated rings. The zero-order valence-electron chi connectivity index (χ0n) is 7.31. The third-order valence-corrected chi connectivity index (χ3v) is 1.24. The molecule has 0 saturated heterocycles. The quantitative estimate of drug-likeness (QED) is 0.208. The molecule has 7 heteroatoms. The Balaban J connectivity index is 0.000000292. The monoisotopic (exact) mass is 213 g/mol. The van der Waals surface area contributed by atoms with E-state index < -0.39 is 0 Å². The van der Waals surface area contributed by atoms with E-state index in [9.17, 15) is 4.79 Å². The van der Waals surface area contributed by atoms with Crippen LogP contribution in [0.5, 0.6) is 0 Å². The molecule has 0 radical (unpaired) electrons. The van der Waals surface area contributed by atoms with Gasteiger partial charge in [-0.15, -0.1) is 0 Å². The maximum Gasteiger partial charge on any atom is 0.177 e. The number of carbonyl (C=O) groups is 1. The molecule has 0 aliphatic rings. The van der Waals surface area contributed by atoms with Crippen LogP contribution in [0.2, 0.25) is 0 Å². The fourth-order valence-corrected chi connectivity index (χ4v) is 0.528. The summed E-state index contributed by atoms with van der Waals surface area (Å²) in [6, 6.07) is 3.32. The molecule has 1 aromatic rings. The Morgan fingerprint density at radius 3 is 2.50 bits per heavy atom. The van der Waals surface area contributed by atoms with E-state index in [0.717, 1.165) is 0 Å². The van der Waals surface area contributed by atoms with Crippen molar-refractivity contribution >= 4 is 29.3 Å². The maximum atomic E-state index is 10.1. The number of hydrazine groups is 1. The summed E-state index contributed by atoms with van der Waals surface area (Å²) in [5.41, 5.74) is 12.9. The lowest BCUT2D eigenvalue weighted by atomic mass is 10.3. The van der Waals surface area contributed by atoms with Crippen molar-refractivity contribution in [3.8, 4) is 0 Å². The van der Waals surface area contributed by atoms with E-state index in [0.29, 0.717) is 17.7 Å². The third kappa shape index (κ3) is 5.01. The van der Waals surface area contributed by atoms with Crippen molar-refractivity contribution in [2.75, 3.05) is 5.73 Å². The van der Waals surface area contributed by atoms with Crippen molar-refractivity contribution in [3.63, 3.8) is 0 Å². The van der Waals surface area contributed by atoms with Crippen molar-refractivity contribution in [2.45, 2.75) is 0 Å². The second kappa shape index (κ2) is 6.75. The second-order valence-electron chi connectivity index (χ2n) is 2.10. The van der Waals surface area contributed by atoms with E-state index in [2.05, 4.69) is 23.0 Å². The highest BCUT2D eigenvalue weighted by atomic mass is 32.1. The summed E-state index contributed by atoms with van der Waals surface area (Å²) in [5, 5.41) is 0.116. The molecule has 6 nitrogen and oxygen atoms in total. The van der Waals surface area contributed by atoms with Crippen LogP contribution in [-0.4, -0.2) is 16.4 Å². The van der Waals surface area contributed by atoms with Gasteiger partial charge in [-0.25, -0.2) is 5.84 Å². The second-order valence-corrected chi connectivity index (χ2v) is 2.54. The van der Waals surface area contributed by atoms with Crippen LogP contribution in [0.4, 0.5) is 5.69 Å². The highest BCUT2D eigenvalue weighted by Crippen LogP contribution is 2.01. The molecule has 76 valence electrons. The molecule has 0 bridgehead atoms. The maximum absolute atomic E-state index is 10.1. The predicted octanol–water partition coefficient (Wildman–Crippen LogP) is -0.830. The van der Waals surface area contributed by atoms with Gasteiger partial charge < -0.3 is 16.9 Å². The Bertz CT molecular complexity index is 317. The number of hydrogen-bond donors (Lipinski definition) is 4. The minimum atomic E-state index is 0.116. The van der Waals surface area contributed by atoms with Crippen molar-refractivity contribution in [2.24, 2.45) is 11.6 Å². The van der Waals surface area contributed by atoms with Crippen molar-refractivity contribution in [1.82, 2.24) is 10.4 Å². The molecular weight excluding hydrogens is 202 g/mol. The first-order chi connectivity index (χ1) is 6.61. The third-order valence-electron chi connectivity index (χ3n) is 1.13. The van der Waals surface area contributed by atoms with E-state index in [1.165, 1.54) is 6.20 Å². The fraction of sp³-hybridized carbons (Fsp3) is 0. The van der Waals surface area contributed by atoms with Gasteiger partial charge in [-0.05, 0) is 24.4 Å². The van der Waals surface area contributed by atoms with Crippen LogP contribution in [0.25, 0.3) is 0 Å². The lowest BCUT2D eigenvalue weighted by Gasteiger charge is -1.91. The van der Waals surface area contributed by atoms with Gasteiger partial charge in [0.05, 0.1) is 5.69 Å². The molecule has 7 N–H and O–H groups in total. The van der Waals surface area contributed by atoms with Crippen molar-refractivity contribution in [1.29, 1.82) is 0 Å². The zero-order chi connectivity index (χ0) is 11.0. The van der Waals surface area contributed by atoms with E-state index in [1.54, 1.807) is 12.1 Å². The van der Waals surface area contributed by atoms with Gasteiger partial charge in [-0.2, -0.15) is 0 Å². The van der Waals surface area contributed by atoms with Crippen LogP contribution in [0.1, 0.15) is 10.5 Å². The molecule has 0 saturated carbocycles. The summed E-state index contributed by atoms with van der Waals surface area (Å²) in [6.07, 6.45) is 2.16. The Morgan fingerprint density at radius 1 is 1.64 bits per heavy atom. The van der Waals surface area contributed by atoms with Gasteiger partial charge in [0.1, 0.15) is 5.69 Å². The summed E-state index contributed by atoms with van der Waals surface area (Å²) in [4.78, 5) is 13.8. The van der Waals surface area contributed by atoms with Crippen molar-refractivity contribution in [3.05, 3.63) is 24.0 Å². The number of nitrogen functional groups attached to an aromatic ring is 1. The molecule has 0 aliphatic heterocycles. The number of anilines is 1. The molecule has 1 heterocycles. The number of rotatable bonds is 1. The summed E-state index contributed by atoms with van der Waals surface area (Å²) >= 11 is 4.24. The van der Waals surface area contributed by atoms with Gasteiger partial charge in [-0.3, -0.25) is 9.78 Å². The molecular formula is C7H11N5OS. The van der Waals surface area contributed by atoms with Crippen LogP contribution in [0, 0.1) is 0 Å². The van der Waals surface area contributed by atoms with Gasteiger partial charge in [0, 0.05) is 6.20 Å². The van der Waals surface area contributed by atoms with Gasteiger partial charge in [0.15, 0.2) is 11.4 Å². The fourth-order valence-electron chi connectivity index (χ4n) is 0.528. The van der Waals surface area contributed by atoms with E-state index in [-0.39, 0.29) is 5.11 Å². The van der Waals surface area contributed by atoms with Gasteiger partial charge in [-0.1, -0.05) is 0 Å². The SMILES string of the molecule is NNC(N)=S.Nc1cccnc1C=O. The lowest BCUT2D eigenvalue weighted by molar-refractivity contribution is 0.112. The predicted molar refractivity (Wildman–Crippen MR) is 58.1 cm³/mol. The molecule has 0 aromatic carbocycles. The number of nitrogens with zero attached hydrogens (tertiary/aromatic N) is 1. The number of carbonyl (C=O) groups excluding carboxylic acids is 1. The zero-order valence-corrected chi connectivity index (χ0v) is 8.12. The number of aldehydes is 1. The first-order valence-electron chi connectivity index (χ1n) is 3.53. The molecule has 0 atom stereocenters. The van der Waals surface area contributed by atoms with Gasteiger partial charge in [0.25, 0.3) is 0 Å². The largest absolute Gasteiger partial charge is 0.397 e. The highest BCUT2D eigenvalue weighted by molar-refractivity contribution is 7.80. The van der Waals surface area contributed by atoms with Crippen molar-refractivity contribution < 1.29 is 4.79 Å². The number of nitrogens with two attached hydrogens (primary N) is 3. The van der Waals surface area contributed by atoms with E-state index in [1.807, 2.05) is 5.43 Å². The molecule has 0 amide bonds. The normalized spacial score (nSPS) is 8.07. The number of hydrogen-bond acceptors (Lipinski definition) is 5. The van der Waals surface area contributed by atoms with E-state index in [4.69, 9.17) is 11.5 Å². The molecule has 1 aromatic heterocycles. The van der Waals surface area contributed by atoms with Gasteiger partial charge in [0.2, 0.25) is 0 Å². The van der Waals surface area contributed by atoms with Crippen LogP contribution < -0.4 is 22.7 Å². The lowest BCUT2D eigenvalue weighted by Crippen LogP contribution is -2.34. The first-order valence-corrected chi connectivity index (χ1v) is 3.94. The standard InChI is InChI=1S/C6H6N2O.CH5N3S/c7-5-2-1-3-8-6(5)4-9;2-1(5)4-3/h1-4H,7H2;3H2,(H3,2,4,5). The highest BCUT2D eigenvalue weighted by Gasteiger charge is 1.92. The molecule has 0 unspecified atom stereocenters. The smallest absolute Gasteiger partial charge is 0.177 e. The molecule has 14 heavy (non-hydrogen) atoms. The van der Waals surface area contributed by atoms with Crippen LogP contribution in [0.15, 0.2) is 18.3 Å². The number of pyridine rings is 1. The minimum Gasteiger partial charge on any atom is -0.397 e. The van der Waals surface area contributed by atoms with Crippen LogP contribution in [0.3, 0.4) is 0 Å². The number of aromatic nitrogens is 1. The molecule has 1 rings (SSSR count). The Labute approximate surface area is 86.4 Å². The summed E-state index contributed by atoms with van der Waals surface area (Å²) in [5.74, 6) is 4.66. The average molecular weight is 213 g/mol. The molecule has 0 aliphatic carbocycles. The Hall–Kier alpha value is -1.73. The van der Waals surface area contributed by atoms with Crippen LogP contribution in [-0.2, 0) is 0 Å². The topological polar surface area (TPSA) is 120 Å². The summed E-state index contributed by atoms with van der Waals surface area (Å²) in [6.45, 7) is 0. The number of nitrogens with one attached hydrogen (secondary N) is 1. The Morgan fingerprint density at radius 2 is 2.21 bits per heavy atom. The molecule has 0 spiro atoms. The number of thiocarbonyl (C=S) groups is 1. The minimum absolute atomic E-state index is 0.116. The Kier molecular flexibility index (Phi) is 5.92. The summed E-state index contributed by atoms with van der Waals surface area (Å²) < 4.78 is 0. The first kappa shape index (κ1) is 12.3. The van der Waals surface area contributed by atoms with E-state index >= 15 is 0 Å². The van der Waals surface area contributed by atoms with Gasteiger partial charge >= 0.3 is 0 Å². The average Bonchev–Trinajstić information content (AvgIpc) is 2.19. The summed E-state index contributed by atoms with van der Waals surface area (Å²) in [7, 11) is 0.